The Hall–Kier alpha value is -2.39. The summed E-state index contributed by atoms with van der Waals surface area (Å²) >= 11 is 0. The van der Waals surface area contributed by atoms with Gasteiger partial charge in [0, 0.05) is 6.42 Å². The van der Waals surface area contributed by atoms with E-state index in [-0.39, 0.29) is 23.7 Å². The molecule has 9 heteroatoms. The summed E-state index contributed by atoms with van der Waals surface area (Å²) in [5.74, 6) is -0.481. The van der Waals surface area contributed by atoms with E-state index in [0.717, 1.165) is 69.0 Å². The van der Waals surface area contributed by atoms with Gasteiger partial charge in [0.1, 0.15) is 21.4 Å². The van der Waals surface area contributed by atoms with Crippen LogP contribution in [0.5, 0.6) is 5.75 Å². The number of phenols is 1. The molecule has 0 heterocycles. The molecule has 40 heavy (non-hydrogen) atoms. The van der Waals surface area contributed by atoms with Gasteiger partial charge in [-0.3, -0.25) is 0 Å². The predicted molar refractivity (Wildman–Crippen MR) is 153 cm³/mol. The zero-order chi connectivity index (χ0) is 29.2. The molecule has 0 amide bonds. The van der Waals surface area contributed by atoms with Gasteiger partial charge in [0.15, 0.2) is 0 Å². The summed E-state index contributed by atoms with van der Waals surface area (Å²) in [5.41, 5.74) is 5.88. The van der Waals surface area contributed by atoms with Crippen molar-refractivity contribution in [1.29, 1.82) is 0 Å². The fourth-order valence-corrected chi connectivity index (χ4v) is 6.76. The van der Waals surface area contributed by atoms with E-state index in [0.29, 0.717) is 13.0 Å². The lowest BCUT2D eigenvalue weighted by atomic mass is 9.89. The molecule has 0 aliphatic heterocycles. The predicted octanol–water partition coefficient (Wildman–Crippen LogP) is 7.81. The lowest BCUT2D eigenvalue weighted by Gasteiger charge is -2.17. The molecule has 0 aromatic heterocycles. The highest BCUT2D eigenvalue weighted by atomic mass is 32.2. The van der Waals surface area contributed by atoms with Crippen LogP contribution < -0.4 is 0 Å². The minimum atomic E-state index is -4.32. The van der Waals surface area contributed by atoms with Gasteiger partial charge in [0.25, 0.3) is 0 Å². The van der Waals surface area contributed by atoms with Crippen molar-refractivity contribution in [3.05, 3.63) is 65.0 Å². The molecule has 0 radical (unpaired) electrons. The van der Waals surface area contributed by atoms with E-state index < -0.39 is 28.2 Å². The highest BCUT2D eigenvalue weighted by molar-refractivity contribution is 7.91. The second kappa shape index (κ2) is 15.0. The molecule has 1 aliphatic carbocycles. The van der Waals surface area contributed by atoms with E-state index in [1.165, 1.54) is 28.8 Å². The average Bonchev–Trinajstić information content (AvgIpc) is 3.04. The SMILES string of the molecule is CN(CCCCCCC1=C(c2ccc(F)cc2)CCCc2cc(O)ccc21)CCCS(=O)(=O)CCCC(F)(F)F. The Morgan fingerprint density at radius 1 is 0.875 bits per heavy atom. The number of benzene rings is 2. The summed E-state index contributed by atoms with van der Waals surface area (Å²) in [6, 6.07) is 12.3. The summed E-state index contributed by atoms with van der Waals surface area (Å²) < 4.78 is 74.3. The standard InChI is InChI=1S/C31H41F4NO3S/c1-36(20-8-22-40(38,39)21-7-18-31(33,34)35)19-5-3-2-4-10-30-28(24-12-14-26(32)15-13-24)11-6-9-25-23-27(37)16-17-29(25)30/h12-17,23,37H,2-11,18-22H2,1H3. The Balaban J connectivity index is 1.45. The number of unbranched alkanes of at least 4 members (excludes halogenated alkanes) is 3. The van der Waals surface area contributed by atoms with E-state index in [2.05, 4.69) is 4.90 Å². The summed E-state index contributed by atoms with van der Waals surface area (Å²) in [6.45, 7) is 1.43. The number of aryl methyl sites for hydroxylation is 1. The lowest BCUT2D eigenvalue weighted by Crippen LogP contribution is -2.24. The van der Waals surface area contributed by atoms with Crippen molar-refractivity contribution in [2.24, 2.45) is 0 Å². The van der Waals surface area contributed by atoms with Gasteiger partial charge in [0.05, 0.1) is 11.5 Å². The van der Waals surface area contributed by atoms with Crippen LogP contribution in [0.4, 0.5) is 17.6 Å². The maximum Gasteiger partial charge on any atom is 0.389 e. The molecule has 0 saturated carbocycles. The molecule has 0 unspecified atom stereocenters. The molecule has 2 aromatic carbocycles. The number of hydrogen-bond acceptors (Lipinski definition) is 4. The molecule has 1 aliphatic rings. The van der Waals surface area contributed by atoms with Crippen molar-refractivity contribution in [1.82, 2.24) is 4.90 Å². The first-order valence-electron chi connectivity index (χ1n) is 14.2. The Labute approximate surface area is 236 Å². The number of allylic oxidation sites excluding steroid dienone is 2. The van der Waals surface area contributed by atoms with Crippen molar-refractivity contribution in [3.8, 4) is 5.75 Å². The Morgan fingerprint density at radius 2 is 1.55 bits per heavy atom. The zero-order valence-electron chi connectivity index (χ0n) is 23.3. The third-order valence-corrected chi connectivity index (χ3v) is 9.29. The molecule has 1 N–H and O–H groups in total. The second-order valence-corrected chi connectivity index (χ2v) is 13.2. The van der Waals surface area contributed by atoms with E-state index in [9.17, 15) is 31.1 Å². The highest BCUT2D eigenvalue weighted by Crippen LogP contribution is 2.39. The van der Waals surface area contributed by atoms with Gasteiger partial charge < -0.3 is 10.0 Å². The van der Waals surface area contributed by atoms with E-state index >= 15 is 0 Å². The Kier molecular flexibility index (Phi) is 12.1. The van der Waals surface area contributed by atoms with Gasteiger partial charge in [-0.05, 0) is 124 Å². The van der Waals surface area contributed by atoms with Crippen LogP contribution in [0.1, 0.15) is 80.9 Å². The van der Waals surface area contributed by atoms with Gasteiger partial charge >= 0.3 is 6.18 Å². The van der Waals surface area contributed by atoms with E-state index in [1.54, 1.807) is 6.07 Å². The number of alkyl halides is 3. The second-order valence-electron chi connectivity index (χ2n) is 10.9. The van der Waals surface area contributed by atoms with E-state index in [4.69, 9.17) is 0 Å². The molecular weight excluding hydrogens is 542 g/mol. The van der Waals surface area contributed by atoms with Gasteiger partial charge in [-0.1, -0.05) is 31.0 Å². The third-order valence-electron chi connectivity index (χ3n) is 7.47. The number of hydrogen-bond donors (Lipinski definition) is 1. The maximum atomic E-state index is 13.6. The number of halogens is 4. The van der Waals surface area contributed by atoms with Gasteiger partial charge in [0.2, 0.25) is 0 Å². The molecule has 222 valence electrons. The van der Waals surface area contributed by atoms with Crippen molar-refractivity contribution in [3.63, 3.8) is 0 Å². The topological polar surface area (TPSA) is 57.6 Å². The number of aromatic hydroxyl groups is 1. The molecule has 0 atom stereocenters. The molecule has 2 aromatic rings. The summed E-state index contributed by atoms with van der Waals surface area (Å²) in [5, 5.41) is 10.0. The van der Waals surface area contributed by atoms with Crippen LogP contribution in [-0.2, 0) is 16.3 Å². The number of rotatable bonds is 15. The monoisotopic (exact) mass is 583 g/mol. The molecule has 0 fully saturated rings. The Bertz CT molecular complexity index is 1220. The molecular formula is C31H41F4NO3S. The first-order valence-corrected chi connectivity index (χ1v) is 16.0. The van der Waals surface area contributed by atoms with E-state index in [1.807, 2.05) is 31.3 Å². The first kappa shape index (κ1) is 32.1. The number of phenolic OH excluding ortho intramolecular Hbond substituents is 1. The fraction of sp³-hybridized carbons (Fsp3) is 0.548. The smallest absolute Gasteiger partial charge is 0.389 e. The van der Waals surface area contributed by atoms with Crippen LogP contribution in [-0.4, -0.2) is 56.2 Å². The van der Waals surface area contributed by atoms with Crippen LogP contribution in [0.2, 0.25) is 0 Å². The maximum absolute atomic E-state index is 13.6. The summed E-state index contributed by atoms with van der Waals surface area (Å²) in [4.78, 5) is 2.08. The van der Waals surface area contributed by atoms with Crippen molar-refractivity contribution in [2.75, 3.05) is 31.6 Å². The minimum absolute atomic E-state index is 0.0834. The Morgan fingerprint density at radius 3 is 2.27 bits per heavy atom. The van der Waals surface area contributed by atoms with Gasteiger partial charge in [-0.25, -0.2) is 12.8 Å². The number of nitrogens with zero attached hydrogens (tertiary/aromatic N) is 1. The summed E-state index contributed by atoms with van der Waals surface area (Å²) in [7, 11) is -1.52. The fourth-order valence-electron chi connectivity index (χ4n) is 5.40. The molecule has 3 rings (SSSR count). The quantitative estimate of drug-likeness (QED) is 0.172. The summed E-state index contributed by atoms with van der Waals surface area (Å²) in [6.07, 6.45) is 2.35. The lowest BCUT2D eigenvalue weighted by molar-refractivity contribution is -0.134. The van der Waals surface area contributed by atoms with Crippen LogP contribution in [0.25, 0.3) is 11.1 Å². The van der Waals surface area contributed by atoms with Gasteiger partial charge in [-0.2, -0.15) is 13.2 Å². The molecule has 0 spiro atoms. The molecule has 4 nitrogen and oxygen atoms in total. The minimum Gasteiger partial charge on any atom is -0.508 e. The van der Waals surface area contributed by atoms with Crippen molar-refractivity contribution in [2.45, 2.75) is 76.8 Å². The molecule has 0 bridgehead atoms. The first-order chi connectivity index (χ1) is 18.9. The van der Waals surface area contributed by atoms with Crippen LogP contribution >= 0.6 is 0 Å². The van der Waals surface area contributed by atoms with Crippen LogP contribution in [0, 0.1) is 5.82 Å². The van der Waals surface area contributed by atoms with Crippen molar-refractivity contribution < 1.29 is 31.1 Å². The van der Waals surface area contributed by atoms with Gasteiger partial charge in [-0.15, -0.1) is 0 Å². The highest BCUT2D eigenvalue weighted by Gasteiger charge is 2.27. The van der Waals surface area contributed by atoms with Crippen LogP contribution in [0.3, 0.4) is 0 Å². The number of fused-ring (bicyclic) bond motifs is 1. The molecule has 0 saturated heterocycles. The number of sulfone groups is 1. The third kappa shape index (κ3) is 10.9. The average molecular weight is 584 g/mol. The van der Waals surface area contributed by atoms with Crippen LogP contribution in [0.15, 0.2) is 42.5 Å². The van der Waals surface area contributed by atoms with Crippen molar-refractivity contribution >= 4 is 21.0 Å². The largest absolute Gasteiger partial charge is 0.508 e. The zero-order valence-corrected chi connectivity index (χ0v) is 24.1. The normalized spacial score (nSPS) is 14.4.